The topological polar surface area (TPSA) is 41.6 Å². The number of morpholine rings is 1. The van der Waals surface area contributed by atoms with Gasteiger partial charge in [0.1, 0.15) is 5.82 Å². The summed E-state index contributed by atoms with van der Waals surface area (Å²) in [6, 6.07) is 4.98. The number of allylic oxidation sites excluding steroid dienone is 1. The lowest BCUT2D eigenvalue weighted by Gasteiger charge is -2.26. The molecule has 1 aromatic rings. The molecule has 1 aliphatic heterocycles. The Kier molecular flexibility index (Phi) is 6.94. The van der Waals surface area contributed by atoms with Gasteiger partial charge in [0.25, 0.3) is 0 Å². The molecule has 1 fully saturated rings. The maximum Gasteiger partial charge on any atom is 0.244 e. The Bertz CT molecular complexity index is 593. The zero-order valence-electron chi connectivity index (χ0n) is 14.8. The van der Waals surface area contributed by atoms with Gasteiger partial charge in [-0.2, -0.15) is 0 Å². The van der Waals surface area contributed by atoms with Crippen LogP contribution in [0.15, 0.2) is 24.3 Å². The van der Waals surface area contributed by atoms with Gasteiger partial charge < -0.3 is 10.1 Å². The number of halogens is 1. The lowest BCUT2D eigenvalue weighted by molar-refractivity contribution is -0.116. The first-order valence-corrected chi connectivity index (χ1v) is 8.53. The summed E-state index contributed by atoms with van der Waals surface area (Å²) in [7, 11) is 0. The van der Waals surface area contributed by atoms with E-state index >= 15 is 0 Å². The van der Waals surface area contributed by atoms with Crippen LogP contribution in [-0.2, 0) is 9.53 Å². The number of amides is 1. The zero-order valence-corrected chi connectivity index (χ0v) is 14.8. The fourth-order valence-corrected chi connectivity index (χ4v) is 2.76. The highest BCUT2D eigenvalue weighted by atomic mass is 19.1. The van der Waals surface area contributed by atoms with Crippen LogP contribution in [0.25, 0.3) is 5.57 Å². The van der Waals surface area contributed by atoms with Crippen molar-refractivity contribution >= 4 is 11.5 Å². The van der Waals surface area contributed by atoms with Crippen molar-refractivity contribution in [1.29, 1.82) is 0 Å². The Balaban J connectivity index is 1.96. The van der Waals surface area contributed by atoms with E-state index in [1.807, 2.05) is 13.8 Å². The molecule has 0 aliphatic carbocycles. The average molecular weight is 334 g/mol. The van der Waals surface area contributed by atoms with Gasteiger partial charge in [-0.05, 0) is 41.7 Å². The van der Waals surface area contributed by atoms with Crippen molar-refractivity contribution < 1.29 is 13.9 Å². The van der Waals surface area contributed by atoms with Crippen LogP contribution in [0.4, 0.5) is 4.39 Å². The molecule has 0 atom stereocenters. The fourth-order valence-electron chi connectivity index (χ4n) is 2.76. The third kappa shape index (κ3) is 5.42. The SMILES string of the molecule is Cc1cc(/C(=C/C(=O)NCCN2CCOCC2)C(C)C)ccc1F. The van der Waals surface area contributed by atoms with Crippen LogP contribution in [0.5, 0.6) is 0 Å². The van der Waals surface area contributed by atoms with E-state index in [4.69, 9.17) is 4.74 Å². The molecule has 0 saturated carbocycles. The largest absolute Gasteiger partial charge is 0.379 e. The zero-order chi connectivity index (χ0) is 17.5. The first-order valence-electron chi connectivity index (χ1n) is 8.53. The van der Waals surface area contributed by atoms with Gasteiger partial charge in [0.15, 0.2) is 0 Å². The molecular formula is C19H27FN2O2. The van der Waals surface area contributed by atoms with Crippen LogP contribution in [0.1, 0.15) is 25.0 Å². The molecule has 1 N–H and O–H groups in total. The second kappa shape index (κ2) is 8.94. The summed E-state index contributed by atoms with van der Waals surface area (Å²) >= 11 is 0. The number of benzene rings is 1. The summed E-state index contributed by atoms with van der Waals surface area (Å²) in [5, 5.41) is 2.94. The molecule has 0 spiro atoms. The Morgan fingerprint density at radius 1 is 1.38 bits per heavy atom. The molecular weight excluding hydrogens is 307 g/mol. The van der Waals surface area contributed by atoms with E-state index in [-0.39, 0.29) is 17.6 Å². The molecule has 1 saturated heterocycles. The van der Waals surface area contributed by atoms with E-state index in [1.165, 1.54) is 6.07 Å². The highest BCUT2D eigenvalue weighted by molar-refractivity contribution is 5.95. The summed E-state index contributed by atoms with van der Waals surface area (Å²) in [5.41, 5.74) is 2.40. The third-order valence-electron chi connectivity index (χ3n) is 4.23. The summed E-state index contributed by atoms with van der Waals surface area (Å²) in [5.74, 6) is -0.148. The number of nitrogens with one attached hydrogen (secondary N) is 1. The highest BCUT2D eigenvalue weighted by Crippen LogP contribution is 2.24. The maximum absolute atomic E-state index is 13.5. The van der Waals surface area contributed by atoms with Crippen molar-refractivity contribution in [2.24, 2.45) is 5.92 Å². The summed E-state index contributed by atoms with van der Waals surface area (Å²) in [6.45, 7) is 10.6. The molecule has 1 aromatic carbocycles. The number of hydrogen-bond acceptors (Lipinski definition) is 3. The lowest BCUT2D eigenvalue weighted by atomic mass is 9.93. The van der Waals surface area contributed by atoms with Crippen molar-refractivity contribution in [2.75, 3.05) is 39.4 Å². The summed E-state index contributed by atoms with van der Waals surface area (Å²) in [4.78, 5) is 14.5. The summed E-state index contributed by atoms with van der Waals surface area (Å²) in [6.07, 6.45) is 1.64. The molecule has 5 heteroatoms. The average Bonchev–Trinajstić information content (AvgIpc) is 2.56. The number of rotatable bonds is 6. The number of aryl methyl sites for hydroxylation is 1. The molecule has 1 aliphatic rings. The number of ether oxygens (including phenoxy) is 1. The van der Waals surface area contributed by atoms with Gasteiger partial charge in [0, 0.05) is 32.3 Å². The van der Waals surface area contributed by atoms with E-state index in [2.05, 4.69) is 10.2 Å². The lowest BCUT2D eigenvalue weighted by Crippen LogP contribution is -2.41. The van der Waals surface area contributed by atoms with Crippen molar-refractivity contribution in [3.63, 3.8) is 0 Å². The fraction of sp³-hybridized carbons (Fsp3) is 0.526. The van der Waals surface area contributed by atoms with Gasteiger partial charge in [-0.3, -0.25) is 9.69 Å². The number of carbonyl (C=O) groups is 1. The maximum atomic E-state index is 13.5. The minimum Gasteiger partial charge on any atom is -0.379 e. The van der Waals surface area contributed by atoms with Crippen molar-refractivity contribution in [2.45, 2.75) is 20.8 Å². The second-order valence-corrected chi connectivity index (χ2v) is 6.46. The van der Waals surface area contributed by atoms with Crippen LogP contribution in [0.2, 0.25) is 0 Å². The molecule has 2 rings (SSSR count). The van der Waals surface area contributed by atoms with Gasteiger partial charge in [-0.1, -0.05) is 19.9 Å². The monoisotopic (exact) mass is 334 g/mol. The Labute approximate surface area is 143 Å². The second-order valence-electron chi connectivity index (χ2n) is 6.46. The van der Waals surface area contributed by atoms with Crippen LogP contribution in [0.3, 0.4) is 0 Å². The van der Waals surface area contributed by atoms with E-state index in [1.54, 1.807) is 25.1 Å². The Morgan fingerprint density at radius 2 is 2.08 bits per heavy atom. The highest BCUT2D eigenvalue weighted by Gasteiger charge is 2.12. The molecule has 24 heavy (non-hydrogen) atoms. The van der Waals surface area contributed by atoms with Gasteiger partial charge in [0.2, 0.25) is 5.91 Å². The van der Waals surface area contributed by atoms with E-state index in [0.29, 0.717) is 12.1 Å². The number of carbonyl (C=O) groups excluding carboxylic acids is 1. The first-order chi connectivity index (χ1) is 11.5. The van der Waals surface area contributed by atoms with Crippen LogP contribution in [0, 0.1) is 18.7 Å². The van der Waals surface area contributed by atoms with Crippen LogP contribution >= 0.6 is 0 Å². The third-order valence-corrected chi connectivity index (χ3v) is 4.23. The number of nitrogens with zero attached hydrogens (tertiary/aromatic N) is 1. The van der Waals surface area contributed by atoms with Crippen molar-refractivity contribution in [3.8, 4) is 0 Å². The molecule has 0 unspecified atom stereocenters. The molecule has 0 bridgehead atoms. The van der Waals surface area contributed by atoms with Gasteiger partial charge in [-0.25, -0.2) is 4.39 Å². The molecule has 0 aromatic heterocycles. The van der Waals surface area contributed by atoms with Crippen LogP contribution in [-0.4, -0.2) is 50.2 Å². The molecule has 0 radical (unpaired) electrons. The van der Waals surface area contributed by atoms with Gasteiger partial charge in [-0.15, -0.1) is 0 Å². The molecule has 1 heterocycles. The first kappa shape index (κ1) is 18.6. The van der Waals surface area contributed by atoms with Crippen LogP contribution < -0.4 is 5.32 Å². The van der Waals surface area contributed by atoms with Crippen molar-refractivity contribution in [3.05, 3.63) is 41.2 Å². The summed E-state index contributed by atoms with van der Waals surface area (Å²) < 4.78 is 18.8. The standard InChI is InChI=1S/C19H27FN2O2/c1-14(2)17(16-4-5-18(20)15(3)12-16)13-19(23)21-6-7-22-8-10-24-11-9-22/h4-5,12-14H,6-11H2,1-3H3,(H,21,23)/b17-13+. The minimum atomic E-state index is -0.225. The molecule has 4 nitrogen and oxygen atoms in total. The van der Waals surface area contributed by atoms with Gasteiger partial charge >= 0.3 is 0 Å². The smallest absolute Gasteiger partial charge is 0.244 e. The Morgan fingerprint density at radius 3 is 2.71 bits per heavy atom. The van der Waals surface area contributed by atoms with E-state index < -0.39 is 0 Å². The number of hydrogen-bond donors (Lipinski definition) is 1. The Hall–Kier alpha value is -1.72. The van der Waals surface area contributed by atoms with E-state index in [9.17, 15) is 9.18 Å². The molecule has 132 valence electrons. The minimum absolute atomic E-state index is 0.103. The van der Waals surface area contributed by atoms with E-state index in [0.717, 1.165) is 44.0 Å². The van der Waals surface area contributed by atoms with Crippen molar-refractivity contribution in [1.82, 2.24) is 10.2 Å². The molecule has 1 amide bonds. The normalized spacial score (nSPS) is 16.5. The van der Waals surface area contributed by atoms with Gasteiger partial charge in [0.05, 0.1) is 13.2 Å². The quantitative estimate of drug-likeness (QED) is 0.813. The predicted molar refractivity (Wildman–Crippen MR) is 94.2 cm³/mol. The predicted octanol–water partition coefficient (Wildman–Crippen LogP) is 2.62.